The Labute approximate surface area is 89.5 Å². The first kappa shape index (κ1) is 9.90. The lowest BCUT2D eigenvalue weighted by atomic mass is 10.0. The Morgan fingerprint density at radius 3 is 2.33 bits per heavy atom. The Kier molecular flexibility index (Phi) is 2.54. The number of anilines is 1. The van der Waals surface area contributed by atoms with Gasteiger partial charge in [-0.3, -0.25) is 0 Å². The molecule has 15 heavy (non-hydrogen) atoms. The van der Waals surface area contributed by atoms with Gasteiger partial charge in [-0.15, -0.1) is 5.10 Å². The first-order chi connectivity index (χ1) is 7.24. The maximum atomic E-state index is 4.26. The molecule has 0 amide bonds. The molecule has 0 fully saturated rings. The fourth-order valence-electron chi connectivity index (χ4n) is 1.74. The summed E-state index contributed by atoms with van der Waals surface area (Å²) in [5.41, 5.74) is 1.06. The van der Waals surface area contributed by atoms with E-state index < -0.39 is 0 Å². The average Bonchev–Trinajstić information content (AvgIpc) is 2.27. The average molecular weight is 201 g/mol. The molecule has 78 valence electrons. The van der Waals surface area contributed by atoms with E-state index in [4.69, 9.17) is 0 Å². The molecule has 0 radical (unpaired) electrons. The highest BCUT2D eigenvalue weighted by atomic mass is 15.2. The Hall–Kier alpha value is -1.64. The van der Waals surface area contributed by atoms with Gasteiger partial charge < -0.3 is 5.32 Å². The highest BCUT2D eigenvalue weighted by Gasteiger charge is 2.09. The molecule has 0 unspecified atom stereocenters. The normalized spacial score (nSPS) is 10.9. The molecule has 1 aromatic carbocycles. The van der Waals surface area contributed by atoms with Crippen molar-refractivity contribution >= 4 is 16.6 Å². The number of nitrogens with one attached hydrogen (secondary N) is 1. The monoisotopic (exact) mass is 201 g/mol. The third-order valence-corrected chi connectivity index (χ3v) is 2.50. The molecule has 0 saturated heterocycles. The zero-order valence-electron chi connectivity index (χ0n) is 9.28. The van der Waals surface area contributed by atoms with Gasteiger partial charge in [0.2, 0.25) is 0 Å². The summed E-state index contributed by atoms with van der Waals surface area (Å²) in [6, 6.07) is 8.23. The minimum Gasteiger partial charge on any atom is -0.371 e. The van der Waals surface area contributed by atoms with E-state index in [2.05, 4.69) is 41.5 Å². The number of hydrogen-bond acceptors (Lipinski definition) is 3. The fraction of sp³-hybridized carbons (Fsp3) is 0.333. The van der Waals surface area contributed by atoms with Gasteiger partial charge in [-0.25, -0.2) is 0 Å². The van der Waals surface area contributed by atoms with Crippen LogP contribution in [0.25, 0.3) is 10.8 Å². The van der Waals surface area contributed by atoms with Crippen LogP contribution in [0.15, 0.2) is 24.3 Å². The van der Waals surface area contributed by atoms with Crippen molar-refractivity contribution in [3.8, 4) is 0 Å². The van der Waals surface area contributed by atoms with Crippen molar-refractivity contribution in [3.63, 3.8) is 0 Å². The lowest BCUT2D eigenvalue weighted by Gasteiger charge is -2.10. The lowest BCUT2D eigenvalue weighted by molar-refractivity contribution is 0.800. The van der Waals surface area contributed by atoms with E-state index in [-0.39, 0.29) is 0 Å². The molecule has 0 aliphatic rings. The van der Waals surface area contributed by atoms with Crippen molar-refractivity contribution in [1.29, 1.82) is 0 Å². The molecule has 0 aliphatic carbocycles. The Bertz CT molecular complexity index is 477. The maximum Gasteiger partial charge on any atom is 0.156 e. The van der Waals surface area contributed by atoms with Gasteiger partial charge in [-0.05, 0) is 5.92 Å². The third kappa shape index (κ3) is 1.65. The van der Waals surface area contributed by atoms with E-state index in [0.717, 1.165) is 16.9 Å². The van der Waals surface area contributed by atoms with E-state index >= 15 is 0 Å². The van der Waals surface area contributed by atoms with E-state index in [1.165, 1.54) is 5.39 Å². The topological polar surface area (TPSA) is 37.8 Å². The van der Waals surface area contributed by atoms with E-state index in [1.54, 1.807) is 0 Å². The highest BCUT2D eigenvalue weighted by molar-refractivity contribution is 5.93. The van der Waals surface area contributed by atoms with Crippen LogP contribution in [0, 0.1) is 0 Å². The standard InChI is InChI=1S/C12H15N3/c1-8(2)11-9-6-4-5-7-10(9)12(13-3)15-14-11/h4-8H,1-3H3,(H,13,15). The van der Waals surface area contributed by atoms with Gasteiger partial charge in [0.1, 0.15) is 0 Å². The van der Waals surface area contributed by atoms with Crippen molar-refractivity contribution in [2.24, 2.45) is 0 Å². The number of benzene rings is 1. The number of fused-ring (bicyclic) bond motifs is 1. The molecule has 1 heterocycles. The minimum atomic E-state index is 0.397. The summed E-state index contributed by atoms with van der Waals surface area (Å²) in [4.78, 5) is 0. The summed E-state index contributed by atoms with van der Waals surface area (Å²) in [7, 11) is 1.87. The number of hydrogen-bond donors (Lipinski definition) is 1. The molecule has 3 nitrogen and oxygen atoms in total. The van der Waals surface area contributed by atoms with Gasteiger partial charge in [0.25, 0.3) is 0 Å². The lowest BCUT2D eigenvalue weighted by Crippen LogP contribution is -2.01. The van der Waals surface area contributed by atoms with E-state index in [9.17, 15) is 0 Å². The number of rotatable bonds is 2. The SMILES string of the molecule is CNc1nnc(C(C)C)c2ccccc12. The number of aromatic nitrogens is 2. The number of nitrogens with zero attached hydrogens (tertiary/aromatic N) is 2. The Morgan fingerprint density at radius 2 is 1.73 bits per heavy atom. The van der Waals surface area contributed by atoms with E-state index in [1.807, 2.05) is 19.2 Å². The van der Waals surface area contributed by atoms with Crippen LogP contribution >= 0.6 is 0 Å². The molecular formula is C12H15N3. The minimum absolute atomic E-state index is 0.397. The summed E-state index contributed by atoms with van der Waals surface area (Å²) in [5.74, 6) is 1.24. The second kappa shape index (κ2) is 3.85. The molecule has 1 aromatic heterocycles. The van der Waals surface area contributed by atoms with Crippen molar-refractivity contribution in [2.45, 2.75) is 19.8 Å². The second-order valence-corrected chi connectivity index (χ2v) is 3.88. The van der Waals surface area contributed by atoms with Gasteiger partial charge >= 0.3 is 0 Å². The molecule has 2 aromatic rings. The van der Waals surface area contributed by atoms with Crippen molar-refractivity contribution in [1.82, 2.24) is 10.2 Å². The van der Waals surface area contributed by atoms with Crippen LogP contribution in [0.3, 0.4) is 0 Å². The van der Waals surface area contributed by atoms with Crippen molar-refractivity contribution in [2.75, 3.05) is 12.4 Å². The molecule has 0 saturated carbocycles. The molecule has 0 atom stereocenters. The zero-order chi connectivity index (χ0) is 10.8. The van der Waals surface area contributed by atoms with Gasteiger partial charge in [-0.1, -0.05) is 38.1 Å². The molecule has 0 spiro atoms. The van der Waals surface area contributed by atoms with Gasteiger partial charge in [0.05, 0.1) is 5.69 Å². The predicted octanol–water partition coefficient (Wildman–Crippen LogP) is 2.79. The molecule has 0 aliphatic heterocycles. The Morgan fingerprint density at radius 1 is 1.07 bits per heavy atom. The van der Waals surface area contributed by atoms with Crippen LogP contribution in [0.2, 0.25) is 0 Å². The van der Waals surface area contributed by atoms with Crippen LogP contribution in [-0.2, 0) is 0 Å². The van der Waals surface area contributed by atoms with Crippen LogP contribution in [0.5, 0.6) is 0 Å². The van der Waals surface area contributed by atoms with Crippen molar-refractivity contribution in [3.05, 3.63) is 30.0 Å². The second-order valence-electron chi connectivity index (χ2n) is 3.88. The van der Waals surface area contributed by atoms with Crippen LogP contribution in [0.4, 0.5) is 5.82 Å². The van der Waals surface area contributed by atoms with Crippen LogP contribution < -0.4 is 5.32 Å². The molecule has 0 bridgehead atoms. The fourth-order valence-corrected chi connectivity index (χ4v) is 1.74. The highest BCUT2D eigenvalue weighted by Crippen LogP contribution is 2.26. The van der Waals surface area contributed by atoms with Crippen LogP contribution in [-0.4, -0.2) is 17.2 Å². The smallest absolute Gasteiger partial charge is 0.156 e. The van der Waals surface area contributed by atoms with Crippen molar-refractivity contribution < 1.29 is 0 Å². The quantitative estimate of drug-likeness (QED) is 0.811. The maximum absolute atomic E-state index is 4.26. The summed E-state index contributed by atoms with van der Waals surface area (Å²) >= 11 is 0. The Balaban J connectivity index is 2.77. The van der Waals surface area contributed by atoms with Crippen LogP contribution in [0.1, 0.15) is 25.5 Å². The molecular weight excluding hydrogens is 186 g/mol. The summed E-state index contributed by atoms with van der Waals surface area (Å²) < 4.78 is 0. The first-order valence-corrected chi connectivity index (χ1v) is 5.17. The molecule has 3 heteroatoms. The molecule has 2 rings (SSSR count). The summed E-state index contributed by atoms with van der Waals surface area (Å²) in [6.07, 6.45) is 0. The zero-order valence-corrected chi connectivity index (χ0v) is 9.28. The molecule has 1 N–H and O–H groups in total. The van der Waals surface area contributed by atoms with Gasteiger partial charge in [0, 0.05) is 17.8 Å². The summed E-state index contributed by atoms with van der Waals surface area (Å²) in [6.45, 7) is 4.27. The van der Waals surface area contributed by atoms with E-state index in [0.29, 0.717) is 5.92 Å². The predicted molar refractivity (Wildman–Crippen MR) is 63.2 cm³/mol. The largest absolute Gasteiger partial charge is 0.371 e. The van der Waals surface area contributed by atoms with Gasteiger partial charge in [-0.2, -0.15) is 5.10 Å². The third-order valence-electron chi connectivity index (χ3n) is 2.50. The first-order valence-electron chi connectivity index (χ1n) is 5.17. The summed E-state index contributed by atoms with van der Waals surface area (Å²) in [5, 5.41) is 13.8. The van der Waals surface area contributed by atoms with Gasteiger partial charge in [0.15, 0.2) is 5.82 Å².